The summed E-state index contributed by atoms with van der Waals surface area (Å²) in [6.07, 6.45) is 2.18. The van der Waals surface area contributed by atoms with Gasteiger partial charge in [0.1, 0.15) is 5.75 Å². The van der Waals surface area contributed by atoms with E-state index in [-0.39, 0.29) is 5.91 Å². The van der Waals surface area contributed by atoms with Gasteiger partial charge in [-0.05, 0) is 46.8 Å². The van der Waals surface area contributed by atoms with Crippen LogP contribution in [0.5, 0.6) is 5.75 Å². The molecule has 0 saturated carbocycles. The lowest BCUT2D eigenvalue weighted by Crippen LogP contribution is -2.38. The Balaban J connectivity index is 2.18. The van der Waals surface area contributed by atoms with E-state index in [1.165, 1.54) is 0 Å². The Labute approximate surface area is 116 Å². The highest BCUT2D eigenvalue weighted by Crippen LogP contribution is 2.30. The third-order valence-electron chi connectivity index (χ3n) is 3.48. The normalized spacial score (nSPS) is 16.7. The topological polar surface area (TPSA) is 29.5 Å². The molecule has 0 unspecified atom stereocenters. The average molecular weight is 312 g/mol. The van der Waals surface area contributed by atoms with Gasteiger partial charge in [0.2, 0.25) is 0 Å². The van der Waals surface area contributed by atoms with Crippen LogP contribution in [0.3, 0.4) is 0 Å². The number of nitrogens with zero attached hydrogens (tertiary/aromatic N) is 1. The molecule has 1 saturated heterocycles. The van der Waals surface area contributed by atoms with Crippen LogP contribution in [-0.2, 0) is 0 Å². The number of rotatable bonds is 2. The Morgan fingerprint density at radius 3 is 2.67 bits per heavy atom. The average Bonchev–Trinajstić information content (AvgIpc) is 2.39. The van der Waals surface area contributed by atoms with Crippen molar-refractivity contribution in [3.05, 3.63) is 28.2 Å². The Bertz CT molecular complexity index is 439. The fourth-order valence-corrected chi connectivity index (χ4v) is 2.81. The van der Waals surface area contributed by atoms with Crippen LogP contribution in [-0.4, -0.2) is 31.0 Å². The number of likely N-dealkylation sites (tertiary alicyclic amines) is 1. The molecule has 1 heterocycles. The van der Waals surface area contributed by atoms with Crippen molar-refractivity contribution < 1.29 is 9.53 Å². The summed E-state index contributed by atoms with van der Waals surface area (Å²) in [7, 11) is 1.61. The molecule has 1 aliphatic rings. The first-order chi connectivity index (χ1) is 8.63. The van der Waals surface area contributed by atoms with Crippen molar-refractivity contribution >= 4 is 21.8 Å². The molecule has 18 heavy (non-hydrogen) atoms. The molecule has 1 fully saturated rings. The highest BCUT2D eigenvalue weighted by Gasteiger charge is 2.23. The van der Waals surface area contributed by atoms with Crippen LogP contribution in [0.15, 0.2) is 22.7 Å². The van der Waals surface area contributed by atoms with E-state index in [2.05, 4.69) is 22.9 Å². The van der Waals surface area contributed by atoms with Gasteiger partial charge in [0.15, 0.2) is 0 Å². The van der Waals surface area contributed by atoms with Crippen molar-refractivity contribution in [3.8, 4) is 5.75 Å². The van der Waals surface area contributed by atoms with Crippen LogP contribution in [0.4, 0.5) is 0 Å². The highest BCUT2D eigenvalue weighted by molar-refractivity contribution is 9.10. The number of methoxy groups -OCH3 is 1. The van der Waals surface area contributed by atoms with Crippen molar-refractivity contribution in [2.75, 3.05) is 20.2 Å². The summed E-state index contributed by atoms with van der Waals surface area (Å²) in [6, 6.07) is 5.54. The zero-order valence-corrected chi connectivity index (χ0v) is 12.4. The standard InChI is InChI=1S/C14H18BrNO2/c1-10-6-8-16(9-7-10)14(17)11-4-3-5-12(18-2)13(11)15/h3-5,10H,6-9H2,1-2H3. The van der Waals surface area contributed by atoms with Crippen LogP contribution >= 0.6 is 15.9 Å². The Hall–Kier alpha value is -1.03. The third-order valence-corrected chi connectivity index (χ3v) is 4.30. The molecule has 0 radical (unpaired) electrons. The first-order valence-electron chi connectivity index (χ1n) is 6.25. The summed E-state index contributed by atoms with van der Waals surface area (Å²) in [5.41, 5.74) is 0.684. The van der Waals surface area contributed by atoms with Gasteiger partial charge in [-0.3, -0.25) is 4.79 Å². The van der Waals surface area contributed by atoms with Crippen molar-refractivity contribution in [2.24, 2.45) is 5.92 Å². The molecular weight excluding hydrogens is 294 g/mol. The molecule has 2 rings (SSSR count). The van der Waals surface area contributed by atoms with Gasteiger partial charge in [0.25, 0.3) is 5.91 Å². The predicted octanol–water partition coefficient (Wildman–Crippen LogP) is 3.33. The molecule has 3 nitrogen and oxygen atoms in total. The van der Waals surface area contributed by atoms with Crippen molar-refractivity contribution in [1.29, 1.82) is 0 Å². The number of hydrogen-bond donors (Lipinski definition) is 0. The minimum atomic E-state index is 0.0904. The maximum atomic E-state index is 12.4. The molecule has 1 aromatic carbocycles. The smallest absolute Gasteiger partial charge is 0.255 e. The predicted molar refractivity (Wildman–Crippen MR) is 75.0 cm³/mol. The molecular formula is C14H18BrNO2. The van der Waals surface area contributed by atoms with Crippen LogP contribution in [0.25, 0.3) is 0 Å². The third kappa shape index (κ3) is 2.69. The maximum absolute atomic E-state index is 12.4. The molecule has 0 N–H and O–H groups in total. The van der Waals surface area contributed by atoms with E-state index < -0.39 is 0 Å². The van der Waals surface area contributed by atoms with Crippen LogP contribution in [0.1, 0.15) is 30.1 Å². The van der Waals surface area contributed by atoms with Gasteiger partial charge in [-0.25, -0.2) is 0 Å². The molecule has 0 aliphatic carbocycles. The second-order valence-corrected chi connectivity index (χ2v) is 5.59. The van der Waals surface area contributed by atoms with Crippen molar-refractivity contribution in [2.45, 2.75) is 19.8 Å². The molecule has 1 aromatic rings. The van der Waals surface area contributed by atoms with E-state index >= 15 is 0 Å². The van der Waals surface area contributed by atoms with Crippen molar-refractivity contribution in [1.82, 2.24) is 4.90 Å². The maximum Gasteiger partial charge on any atom is 0.255 e. The van der Waals surface area contributed by atoms with E-state index in [4.69, 9.17) is 4.74 Å². The highest BCUT2D eigenvalue weighted by atomic mass is 79.9. The van der Waals surface area contributed by atoms with Gasteiger partial charge in [-0.1, -0.05) is 13.0 Å². The SMILES string of the molecule is COc1cccc(C(=O)N2CCC(C)CC2)c1Br. The Morgan fingerprint density at radius 2 is 2.06 bits per heavy atom. The number of carbonyl (C=O) groups is 1. The van der Waals surface area contributed by atoms with Gasteiger partial charge in [0, 0.05) is 13.1 Å². The first kappa shape index (κ1) is 13.4. The Kier molecular flexibility index (Phi) is 4.27. The van der Waals surface area contributed by atoms with E-state index in [1.807, 2.05) is 23.1 Å². The van der Waals surface area contributed by atoms with Gasteiger partial charge >= 0.3 is 0 Å². The first-order valence-corrected chi connectivity index (χ1v) is 7.04. The number of piperidine rings is 1. The second kappa shape index (κ2) is 5.74. The molecule has 0 spiro atoms. The summed E-state index contributed by atoms with van der Waals surface area (Å²) in [5.74, 6) is 1.52. The monoisotopic (exact) mass is 311 g/mol. The van der Waals surface area contributed by atoms with Crippen molar-refractivity contribution in [3.63, 3.8) is 0 Å². The fraction of sp³-hybridized carbons (Fsp3) is 0.500. The van der Waals surface area contributed by atoms with E-state index in [1.54, 1.807) is 7.11 Å². The quantitative estimate of drug-likeness (QED) is 0.838. The largest absolute Gasteiger partial charge is 0.496 e. The lowest BCUT2D eigenvalue weighted by atomic mass is 9.98. The lowest BCUT2D eigenvalue weighted by molar-refractivity contribution is 0.0696. The molecule has 1 amide bonds. The number of amides is 1. The lowest BCUT2D eigenvalue weighted by Gasteiger charge is -2.30. The molecule has 0 atom stereocenters. The Morgan fingerprint density at radius 1 is 1.39 bits per heavy atom. The van der Waals surface area contributed by atoms with Gasteiger partial charge in [-0.15, -0.1) is 0 Å². The van der Waals surface area contributed by atoms with E-state index in [9.17, 15) is 4.79 Å². The van der Waals surface area contributed by atoms with Crippen LogP contribution < -0.4 is 4.74 Å². The summed E-state index contributed by atoms with van der Waals surface area (Å²) < 4.78 is 5.97. The molecule has 4 heteroatoms. The van der Waals surface area contributed by atoms with E-state index in [0.29, 0.717) is 11.3 Å². The summed E-state index contributed by atoms with van der Waals surface area (Å²) in [6.45, 7) is 3.94. The van der Waals surface area contributed by atoms with Crippen LogP contribution in [0, 0.1) is 5.92 Å². The minimum absolute atomic E-state index is 0.0904. The number of carbonyl (C=O) groups excluding carboxylic acids is 1. The zero-order chi connectivity index (χ0) is 13.1. The molecule has 0 bridgehead atoms. The number of benzene rings is 1. The number of halogens is 1. The van der Waals surface area contributed by atoms with Gasteiger partial charge in [0.05, 0.1) is 17.1 Å². The summed E-state index contributed by atoms with van der Waals surface area (Å²) in [4.78, 5) is 14.4. The summed E-state index contributed by atoms with van der Waals surface area (Å²) >= 11 is 3.45. The molecule has 1 aliphatic heterocycles. The molecule has 0 aromatic heterocycles. The van der Waals surface area contributed by atoms with E-state index in [0.717, 1.165) is 36.3 Å². The van der Waals surface area contributed by atoms with Crippen LogP contribution in [0.2, 0.25) is 0 Å². The summed E-state index contributed by atoms with van der Waals surface area (Å²) in [5, 5.41) is 0. The fourth-order valence-electron chi connectivity index (χ4n) is 2.22. The minimum Gasteiger partial charge on any atom is -0.496 e. The van der Waals surface area contributed by atoms with Gasteiger partial charge in [-0.2, -0.15) is 0 Å². The molecule has 98 valence electrons. The zero-order valence-electron chi connectivity index (χ0n) is 10.8. The van der Waals surface area contributed by atoms with Gasteiger partial charge < -0.3 is 9.64 Å². The number of ether oxygens (including phenoxy) is 1. The number of hydrogen-bond acceptors (Lipinski definition) is 2. The second-order valence-electron chi connectivity index (χ2n) is 4.80.